The summed E-state index contributed by atoms with van der Waals surface area (Å²) in [4.78, 5) is 2.22. The summed E-state index contributed by atoms with van der Waals surface area (Å²) in [5.74, 6) is 0. The Labute approximate surface area is 117 Å². The normalized spacial score (nSPS) is 11.6. The smallest absolute Gasteiger partial charge is 0.0991 e. The molecule has 0 saturated heterocycles. The predicted molar refractivity (Wildman–Crippen MR) is 79.9 cm³/mol. The zero-order chi connectivity index (χ0) is 14.5. The van der Waals surface area contributed by atoms with Gasteiger partial charge in [0.05, 0.1) is 11.6 Å². The second-order valence-electron chi connectivity index (χ2n) is 6.26. The van der Waals surface area contributed by atoms with Gasteiger partial charge in [0.25, 0.3) is 0 Å². The monoisotopic (exact) mass is 259 g/mol. The third-order valence-electron chi connectivity index (χ3n) is 3.13. The van der Waals surface area contributed by atoms with Gasteiger partial charge in [0.2, 0.25) is 0 Å². The van der Waals surface area contributed by atoms with Gasteiger partial charge in [-0.2, -0.15) is 5.26 Å². The lowest BCUT2D eigenvalue weighted by Crippen LogP contribution is -2.37. The summed E-state index contributed by atoms with van der Waals surface area (Å²) in [6, 6.07) is 8.04. The first-order chi connectivity index (χ1) is 8.84. The van der Waals surface area contributed by atoms with Crippen LogP contribution in [0.1, 0.15) is 30.5 Å². The lowest BCUT2D eigenvalue weighted by Gasteiger charge is -2.28. The summed E-state index contributed by atoms with van der Waals surface area (Å²) in [5.41, 5.74) is 3.43. The van der Waals surface area contributed by atoms with E-state index in [1.54, 1.807) is 0 Å². The molecule has 0 radical (unpaired) electrons. The summed E-state index contributed by atoms with van der Waals surface area (Å²) in [5, 5.41) is 12.4. The Kier molecular flexibility index (Phi) is 5.53. The van der Waals surface area contributed by atoms with Crippen molar-refractivity contribution < 1.29 is 0 Å². The number of aryl methyl sites for hydroxylation is 1. The first-order valence-corrected chi connectivity index (χ1v) is 6.69. The molecule has 104 valence electrons. The Hall–Kier alpha value is -1.37. The number of nitrogens with one attached hydrogen (secondary N) is 1. The van der Waals surface area contributed by atoms with Crippen molar-refractivity contribution in [3.05, 3.63) is 34.9 Å². The molecular weight excluding hydrogens is 234 g/mol. The van der Waals surface area contributed by atoms with E-state index < -0.39 is 0 Å². The van der Waals surface area contributed by atoms with E-state index in [-0.39, 0.29) is 5.41 Å². The van der Waals surface area contributed by atoms with E-state index in [9.17, 15) is 0 Å². The standard InChI is InChI=1S/C16H25N3/c1-13-8-14(9-17)6-7-15(13)10-18-11-16(2,3)12-19(4)5/h6-8,18H,10-12H2,1-5H3. The largest absolute Gasteiger partial charge is 0.312 e. The lowest BCUT2D eigenvalue weighted by molar-refractivity contribution is 0.232. The van der Waals surface area contributed by atoms with E-state index in [0.29, 0.717) is 0 Å². The van der Waals surface area contributed by atoms with Gasteiger partial charge < -0.3 is 10.2 Å². The molecule has 0 amide bonds. The fraction of sp³-hybridized carbons (Fsp3) is 0.562. The van der Waals surface area contributed by atoms with E-state index in [4.69, 9.17) is 5.26 Å². The van der Waals surface area contributed by atoms with Gasteiger partial charge in [0.1, 0.15) is 0 Å². The maximum absolute atomic E-state index is 8.85. The summed E-state index contributed by atoms with van der Waals surface area (Å²) in [6.45, 7) is 9.49. The molecule has 1 aromatic rings. The minimum Gasteiger partial charge on any atom is -0.312 e. The molecule has 19 heavy (non-hydrogen) atoms. The Morgan fingerprint density at radius 1 is 1.32 bits per heavy atom. The molecule has 0 bridgehead atoms. The van der Waals surface area contributed by atoms with Crippen LogP contribution in [0.2, 0.25) is 0 Å². The van der Waals surface area contributed by atoms with E-state index >= 15 is 0 Å². The van der Waals surface area contributed by atoms with E-state index in [1.807, 2.05) is 18.2 Å². The molecule has 0 saturated carbocycles. The Morgan fingerprint density at radius 2 is 2.00 bits per heavy atom. The van der Waals surface area contributed by atoms with Crippen LogP contribution in [0.15, 0.2) is 18.2 Å². The number of benzene rings is 1. The first-order valence-electron chi connectivity index (χ1n) is 6.69. The molecular formula is C16H25N3. The highest BCUT2D eigenvalue weighted by atomic mass is 15.1. The fourth-order valence-electron chi connectivity index (χ4n) is 2.41. The van der Waals surface area contributed by atoms with Crippen molar-refractivity contribution in [2.45, 2.75) is 27.3 Å². The van der Waals surface area contributed by atoms with Gasteiger partial charge in [-0.15, -0.1) is 0 Å². The minimum absolute atomic E-state index is 0.254. The average Bonchev–Trinajstić information content (AvgIpc) is 2.29. The summed E-state index contributed by atoms with van der Waals surface area (Å²) in [6.07, 6.45) is 0. The minimum atomic E-state index is 0.254. The summed E-state index contributed by atoms with van der Waals surface area (Å²) in [7, 11) is 4.21. The molecule has 3 heteroatoms. The van der Waals surface area contributed by atoms with E-state index in [0.717, 1.165) is 25.2 Å². The third-order valence-corrected chi connectivity index (χ3v) is 3.13. The Bertz CT molecular complexity index is 456. The molecule has 0 spiro atoms. The maximum atomic E-state index is 8.85. The number of nitrogens with zero attached hydrogens (tertiary/aromatic N) is 2. The van der Waals surface area contributed by atoms with Crippen LogP contribution in [-0.4, -0.2) is 32.1 Å². The number of rotatable bonds is 6. The topological polar surface area (TPSA) is 39.1 Å². The van der Waals surface area contributed by atoms with Crippen LogP contribution in [0.3, 0.4) is 0 Å². The Balaban J connectivity index is 2.52. The molecule has 0 aromatic heterocycles. The third kappa shape index (κ3) is 5.42. The molecule has 0 atom stereocenters. The molecule has 0 aliphatic heterocycles. The van der Waals surface area contributed by atoms with E-state index in [1.165, 1.54) is 11.1 Å². The molecule has 0 unspecified atom stereocenters. The summed E-state index contributed by atoms with van der Waals surface area (Å²) < 4.78 is 0. The van der Waals surface area contributed by atoms with Crippen molar-refractivity contribution in [3.63, 3.8) is 0 Å². The van der Waals surface area contributed by atoms with Crippen molar-refractivity contribution >= 4 is 0 Å². The lowest BCUT2D eigenvalue weighted by atomic mass is 9.93. The van der Waals surface area contributed by atoms with Crippen molar-refractivity contribution in [2.75, 3.05) is 27.2 Å². The van der Waals surface area contributed by atoms with Gasteiger partial charge in [-0.1, -0.05) is 19.9 Å². The Morgan fingerprint density at radius 3 is 2.53 bits per heavy atom. The van der Waals surface area contributed by atoms with Crippen LogP contribution in [0, 0.1) is 23.7 Å². The van der Waals surface area contributed by atoms with Gasteiger partial charge in [-0.05, 0) is 49.7 Å². The van der Waals surface area contributed by atoms with Gasteiger partial charge in [0, 0.05) is 19.6 Å². The zero-order valence-corrected chi connectivity index (χ0v) is 12.7. The van der Waals surface area contributed by atoms with Gasteiger partial charge in [-0.3, -0.25) is 0 Å². The van der Waals surface area contributed by atoms with Crippen LogP contribution in [-0.2, 0) is 6.54 Å². The SMILES string of the molecule is Cc1cc(C#N)ccc1CNCC(C)(C)CN(C)C. The summed E-state index contributed by atoms with van der Waals surface area (Å²) >= 11 is 0. The molecule has 1 aromatic carbocycles. The van der Waals surface area contributed by atoms with Crippen LogP contribution in [0.25, 0.3) is 0 Å². The van der Waals surface area contributed by atoms with Crippen molar-refractivity contribution in [3.8, 4) is 6.07 Å². The zero-order valence-electron chi connectivity index (χ0n) is 12.7. The fourth-order valence-corrected chi connectivity index (χ4v) is 2.41. The quantitative estimate of drug-likeness (QED) is 0.853. The predicted octanol–water partition coefficient (Wildman–Crippen LogP) is 2.54. The molecule has 0 heterocycles. The molecule has 1 rings (SSSR count). The van der Waals surface area contributed by atoms with Crippen LogP contribution < -0.4 is 5.32 Å². The van der Waals surface area contributed by atoms with Crippen molar-refractivity contribution in [2.24, 2.45) is 5.41 Å². The number of hydrogen-bond donors (Lipinski definition) is 1. The highest BCUT2D eigenvalue weighted by Gasteiger charge is 2.18. The van der Waals surface area contributed by atoms with Crippen molar-refractivity contribution in [1.29, 1.82) is 5.26 Å². The number of hydrogen-bond acceptors (Lipinski definition) is 3. The highest BCUT2D eigenvalue weighted by Crippen LogP contribution is 2.15. The molecule has 3 nitrogen and oxygen atoms in total. The number of nitriles is 1. The van der Waals surface area contributed by atoms with Crippen LogP contribution >= 0.6 is 0 Å². The van der Waals surface area contributed by atoms with Crippen molar-refractivity contribution in [1.82, 2.24) is 10.2 Å². The van der Waals surface area contributed by atoms with Gasteiger partial charge >= 0.3 is 0 Å². The first kappa shape index (κ1) is 15.7. The molecule has 0 aliphatic carbocycles. The van der Waals surface area contributed by atoms with Crippen LogP contribution in [0.5, 0.6) is 0 Å². The highest BCUT2D eigenvalue weighted by molar-refractivity contribution is 5.37. The van der Waals surface area contributed by atoms with Crippen LogP contribution in [0.4, 0.5) is 0 Å². The molecule has 0 fully saturated rings. The second-order valence-corrected chi connectivity index (χ2v) is 6.26. The van der Waals surface area contributed by atoms with Gasteiger partial charge in [-0.25, -0.2) is 0 Å². The second kappa shape index (κ2) is 6.70. The molecule has 1 N–H and O–H groups in total. The van der Waals surface area contributed by atoms with Gasteiger partial charge in [0.15, 0.2) is 0 Å². The van der Waals surface area contributed by atoms with E-state index in [2.05, 4.69) is 51.2 Å². The average molecular weight is 259 g/mol. The maximum Gasteiger partial charge on any atom is 0.0991 e. The molecule has 0 aliphatic rings.